The molecule has 0 unspecified atom stereocenters. The highest BCUT2D eigenvalue weighted by atomic mass is 79.9. The number of hydrogen-bond donors (Lipinski definition) is 1. The molecule has 1 aliphatic heterocycles. The van der Waals surface area contributed by atoms with Gasteiger partial charge in [0.25, 0.3) is 4.70 Å². The van der Waals surface area contributed by atoms with Gasteiger partial charge in [0.05, 0.1) is 7.11 Å². The molecule has 1 N–H and O–H groups in total. The molecule has 136 valence electrons. The van der Waals surface area contributed by atoms with Crippen LogP contribution in [0.4, 0.5) is 0 Å². The van der Waals surface area contributed by atoms with Gasteiger partial charge in [-0.15, -0.1) is 0 Å². The quantitative estimate of drug-likeness (QED) is 0.361. The second-order valence-electron chi connectivity index (χ2n) is 4.85. The highest BCUT2D eigenvalue weighted by Gasteiger charge is 2.60. The van der Waals surface area contributed by atoms with Crippen LogP contribution in [0.2, 0.25) is 0 Å². The zero-order valence-electron chi connectivity index (χ0n) is 13.3. The van der Waals surface area contributed by atoms with Gasteiger partial charge in [-0.2, -0.15) is 0 Å². The van der Waals surface area contributed by atoms with Crippen molar-refractivity contribution in [2.45, 2.75) is 49.9 Å². The number of alkyl halides is 1. The van der Waals surface area contributed by atoms with Crippen LogP contribution in [0.1, 0.15) is 20.8 Å². The number of aliphatic hydroxyl groups is 1. The third-order valence-electron chi connectivity index (χ3n) is 2.89. The van der Waals surface area contributed by atoms with Gasteiger partial charge >= 0.3 is 23.9 Å². The first kappa shape index (κ1) is 20.3. The van der Waals surface area contributed by atoms with E-state index in [0.29, 0.717) is 0 Å². The maximum Gasteiger partial charge on any atom is 0.339 e. The molecule has 0 aliphatic carbocycles. The van der Waals surface area contributed by atoms with Gasteiger partial charge in [0.15, 0.2) is 18.3 Å². The van der Waals surface area contributed by atoms with Crippen molar-refractivity contribution in [1.82, 2.24) is 0 Å². The maximum atomic E-state index is 11.9. The van der Waals surface area contributed by atoms with Gasteiger partial charge < -0.3 is 28.8 Å². The topological polar surface area (TPSA) is 135 Å². The van der Waals surface area contributed by atoms with Crippen molar-refractivity contribution in [2.75, 3.05) is 7.11 Å². The number of halogens is 1. The molecule has 24 heavy (non-hydrogen) atoms. The van der Waals surface area contributed by atoms with Crippen molar-refractivity contribution >= 4 is 39.8 Å². The summed E-state index contributed by atoms with van der Waals surface area (Å²) in [4.78, 5) is 45.9. The van der Waals surface area contributed by atoms with Crippen LogP contribution in [-0.2, 0) is 42.9 Å². The summed E-state index contributed by atoms with van der Waals surface area (Å²) in [6, 6.07) is 0. The van der Waals surface area contributed by atoms with E-state index < -0.39 is 53.0 Å². The summed E-state index contributed by atoms with van der Waals surface area (Å²) in [7, 11) is 1.04. The number of ether oxygens (including phenoxy) is 5. The number of carbonyl (C=O) groups is 4. The van der Waals surface area contributed by atoms with Gasteiger partial charge in [-0.25, -0.2) is 4.79 Å². The van der Waals surface area contributed by atoms with E-state index in [9.17, 15) is 24.3 Å². The van der Waals surface area contributed by atoms with E-state index in [1.165, 1.54) is 0 Å². The number of esters is 4. The fourth-order valence-electron chi connectivity index (χ4n) is 2.12. The second-order valence-corrected chi connectivity index (χ2v) is 5.98. The number of hydrogen-bond acceptors (Lipinski definition) is 10. The summed E-state index contributed by atoms with van der Waals surface area (Å²) in [5, 5.41) is 10.3. The Bertz CT molecular complexity index is 531. The first-order valence-electron chi connectivity index (χ1n) is 6.68. The molecule has 0 aromatic heterocycles. The lowest BCUT2D eigenvalue weighted by atomic mass is 9.97. The van der Waals surface area contributed by atoms with Gasteiger partial charge in [-0.1, -0.05) is 0 Å². The Morgan fingerprint density at radius 3 is 1.83 bits per heavy atom. The van der Waals surface area contributed by atoms with Crippen LogP contribution in [0, 0.1) is 0 Å². The van der Waals surface area contributed by atoms with Crippen LogP contribution < -0.4 is 0 Å². The van der Waals surface area contributed by atoms with Crippen LogP contribution in [0.25, 0.3) is 0 Å². The summed E-state index contributed by atoms with van der Waals surface area (Å²) in [6.07, 6.45) is -6.30. The molecular weight excluding hydrogens is 396 g/mol. The van der Waals surface area contributed by atoms with E-state index in [-0.39, 0.29) is 0 Å². The van der Waals surface area contributed by atoms with E-state index in [1.54, 1.807) is 0 Å². The lowest BCUT2D eigenvalue weighted by molar-refractivity contribution is -0.302. The average molecular weight is 413 g/mol. The van der Waals surface area contributed by atoms with E-state index >= 15 is 0 Å². The largest absolute Gasteiger partial charge is 0.467 e. The third kappa shape index (κ3) is 4.89. The Hall–Kier alpha value is -1.72. The minimum Gasteiger partial charge on any atom is -0.467 e. The van der Waals surface area contributed by atoms with Crippen LogP contribution in [0.3, 0.4) is 0 Å². The number of methoxy groups -OCH3 is 1. The standard InChI is InChI=1S/C13H17BrO10/c1-5(15)21-8-9(22-6(2)16)11(23-7(3)17)13(14,19)24-10(8)12(18)20-4/h8-11,19H,1-4H3/t8-,9-,10-,11+,13+/m0/s1. The van der Waals surface area contributed by atoms with Gasteiger partial charge in [-0.3, -0.25) is 14.4 Å². The molecule has 1 aliphatic rings. The van der Waals surface area contributed by atoms with Crippen molar-refractivity contribution in [3.63, 3.8) is 0 Å². The maximum absolute atomic E-state index is 11.9. The molecule has 0 aromatic carbocycles. The van der Waals surface area contributed by atoms with E-state index in [4.69, 9.17) is 18.9 Å². The number of rotatable bonds is 4. The minimum absolute atomic E-state index is 0.823. The zero-order chi connectivity index (χ0) is 18.7. The molecule has 0 radical (unpaired) electrons. The smallest absolute Gasteiger partial charge is 0.339 e. The Labute approximate surface area is 145 Å². The van der Waals surface area contributed by atoms with Crippen molar-refractivity contribution in [3.05, 3.63) is 0 Å². The molecule has 10 nitrogen and oxygen atoms in total. The molecule has 0 spiro atoms. The molecule has 1 saturated heterocycles. The van der Waals surface area contributed by atoms with E-state index in [0.717, 1.165) is 27.9 Å². The van der Waals surface area contributed by atoms with Crippen LogP contribution in [-0.4, -0.2) is 65.2 Å². The fraction of sp³-hybridized carbons (Fsp3) is 0.692. The summed E-state index contributed by atoms with van der Waals surface area (Å²) in [5.41, 5.74) is 0. The molecule has 0 amide bonds. The first-order chi connectivity index (χ1) is 11.0. The predicted molar refractivity (Wildman–Crippen MR) is 77.4 cm³/mol. The molecule has 1 rings (SSSR count). The predicted octanol–water partition coefficient (Wildman–Crippen LogP) is -0.606. The summed E-state index contributed by atoms with van der Waals surface area (Å²) in [6.45, 7) is 3.14. The Balaban J connectivity index is 3.34. The molecule has 0 saturated carbocycles. The average Bonchev–Trinajstić information content (AvgIpc) is 2.43. The molecule has 11 heteroatoms. The highest BCUT2D eigenvalue weighted by Crippen LogP contribution is 2.38. The second kappa shape index (κ2) is 7.90. The Kier molecular flexibility index (Phi) is 6.69. The molecule has 5 atom stereocenters. The molecule has 0 aromatic rings. The van der Waals surface area contributed by atoms with Crippen LogP contribution in [0.5, 0.6) is 0 Å². The summed E-state index contributed by atoms with van der Waals surface area (Å²) >= 11 is 2.77. The molecule has 0 bridgehead atoms. The highest BCUT2D eigenvalue weighted by molar-refractivity contribution is 9.10. The van der Waals surface area contributed by atoms with Gasteiger partial charge in [0.2, 0.25) is 6.10 Å². The van der Waals surface area contributed by atoms with Crippen LogP contribution in [0.15, 0.2) is 0 Å². The summed E-state index contributed by atoms with van der Waals surface area (Å²) in [5.74, 6) is -3.49. The minimum atomic E-state index is -2.39. The van der Waals surface area contributed by atoms with Gasteiger partial charge in [0.1, 0.15) is 0 Å². The summed E-state index contributed by atoms with van der Waals surface area (Å²) < 4.78 is 22.2. The SMILES string of the molecule is COC(=O)[C@H]1O[C@@](O)(Br)[C@H](OC(C)=O)[C@@H](OC(C)=O)[C@@H]1OC(C)=O. The Morgan fingerprint density at radius 1 is 0.958 bits per heavy atom. The van der Waals surface area contributed by atoms with Gasteiger partial charge in [-0.05, 0) is 15.9 Å². The third-order valence-corrected chi connectivity index (χ3v) is 3.53. The van der Waals surface area contributed by atoms with Gasteiger partial charge in [0, 0.05) is 20.8 Å². The lowest BCUT2D eigenvalue weighted by Crippen LogP contribution is -2.66. The Morgan fingerprint density at radius 2 is 1.42 bits per heavy atom. The number of carbonyl (C=O) groups excluding carboxylic acids is 4. The van der Waals surface area contributed by atoms with Crippen molar-refractivity contribution in [1.29, 1.82) is 0 Å². The van der Waals surface area contributed by atoms with E-state index in [2.05, 4.69) is 20.7 Å². The van der Waals surface area contributed by atoms with Crippen molar-refractivity contribution < 1.29 is 48.0 Å². The molecule has 1 heterocycles. The van der Waals surface area contributed by atoms with E-state index in [1.807, 2.05) is 0 Å². The zero-order valence-corrected chi connectivity index (χ0v) is 14.9. The first-order valence-corrected chi connectivity index (χ1v) is 7.47. The van der Waals surface area contributed by atoms with Crippen molar-refractivity contribution in [2.24, 2.45) is 0 Å². The fourth-order valence-corrected chi connectivity index (χ4v) is 2.67. The van der Waals surface area contributed by atoms with Crippen molar-refractivity contribution in [3.8, 4) is 0 Å². The lowest BCUT2D eigenvalue weighted by Gasteiger charge is -2.45. The molecule has 1 fully saturated rings. The normalized spacial score (nSPS) is 32.4. The monoisotopic (exact) mass is 412 g/mol. The molecular formula is C13H17BrO10. The van der Waals surface area contributed by atoms with Crippen LogP contribution >= 0.6 is 15.9 Å².